The van der Waals surface area contributed by atoms with Crippen LogP contribution in [0.5, 0.6) is 0 Å². The van der Waals surface area contributed by atoms with Crippen molar-refractivity contribution in [3.05, 3.63) is 95.1 Å². The van der Waals surface area contributed by atoms with Crippen molar-refractivity contribution in [2.75, 3.05) is 0 Å². The Hall–Kier alpha value is -6.20. The molecule has 0 atom stereocenters. The van der Waals surface area contributed by atoms with Crippen LogP contribution in [-0.4, -0.2) is 39.9 Å². The molecule has 54 heavy (non-hydrogen) atoms. The fraction of sp³-hybridized carbons (Fsp3) is 0.261. The molecule has 0 fully saturated rings. The standard InChI is InChI=1S/C46H42N8/c1-11-24-12-16-28-32(20-24)40-47-36(28)49-41-34-22-26(45(5,6)7)14-18-30(34)38(51-41)53-43-35-23-27(46(8,9)10)15-19-31(35)39(54-43)52-42-33-21-25(44(2,3)4)13-17-29(33)37(48-40)50-42/h1,12-23H,2-10H3,(H2,47,48,49,50,51,52,53,54). The van der Waals surface area contributed by atoms with Crippen LogP contribution in [0.25, 0.3) is 89.7 Å². The van der Waals surface area contributed by atoms with Crippen LogP contribution in [-0.2, 0) is 16.2 Å². The van der Waals surface area contributed by atoms with Gasteiger partial charge in [0.25, 0.3) is 0 Å². The number of aromatic amines is 2. The van der Waals surface area contributed by atoms with Crippen LogP contribution >= 0.6 is 0 Å². The van der Waals surface area contributed by atoms with Crippen molar-refractivity contribution < 1.29 is 0 Å². The lowest BCUT2D eigenvalue weighted by Gasteiger charge is -2.19. The molecule has 2 aliphatic heterocycles. The van der Waals surface area contributed by atoms with E-state index in [2.05, 4.69) is 133 Å². The molecule has 2 aliphatic rings. The molecule has 5 heterocycles. The van der Waals surface area contributed by atoms with Crippen LogP contribution in [0.4, 0.5) is 0 Å². The maximum absolute atomic E-state index is 5.89. The van der Waals surface area contributed by atoms with Crippen molar-refractivity contribution in [1.82, 2.24) is 39.9 Å². The second-order valence-electron chi connectivity index (χ2n) is 17.5. The molecule has 7 aromatic rings. The Labute approximate surface area is 314 Å². The Morgan fingerprint density at radius 2 is 0.778 bits per heavy atom. The van der Waals surface area contributed by atoms with E-state index in [0.29, 0.717) is 45.9 Å². The lowest BCUT2D eigenvalue weighted by Crippen LogP contribution is -2.10. The second kappa shape index (κ2) is 11.4. The predicted octanol–water partition coefficient (Wildman–Crippen LogP) is 10.7. The molecule has 8 nitrogen and oxygen atoms in total. The van der Waals surface area contributed by atoms with E-state index in [4.69, 9.17) is 36.3 Å². The van der Waals surface area contributed by atoms with E-state index < -0.39 is 0 Å². The number of hydrogen-bond donors (Lipinski definition) is 2. The minimum atomic E-state index is -0.0768. The fourth-order valence-electron chi connectivity index (χ4n) is 7.28. The molecule has 9 rings (SSSR count). The first-order valence-electron chi connectivity index (χ1n) is 18.4. The second-order valence-corrected chi connectivity index (χ2v) is 17.5. The van der Waals surface area contributed by atoms with Crippen molar-refractivity contribution in [3.63, 3.8) is 0 Å². The summed E-state index contributed by atoms with van der Waals surface area (Å²) in [5.74, 6) is 5.02. The van der Waals surface area contributed by atoms with Gasteiger partial charge < -0.3 is 9.97 Å². The molecule has 0 saturated carbocycles. The van der Waals surface area contributed by atoms with E-state index in [9.17, 15) is 0 Å². The fourth-order valence-corrected chi connectivity index (χ4v) is 7.28. The molecule has 0 spiro atoms. The van der Waals surface area contributed by atoms with Gasteiger partial charge in [-0.15, -0.1) is 6.42 Å². The lowest BCUT2D eigenvalue weighted by atomic mass is 9.85. The normalized spacial score (nSPS) is 12.9. The number of rotatable bonds is 0. The molecule has 0 saturated heterocycles. The van der Waals surface area contributed by atoms with E-state index >= 15 is 0 Å². The highest BCUT2D eigenvalue weighted by molar-refractivity contribution is 6.07. The quantitative estimate of drug-likeness (QED) is 0.152. The third kappa shape index (κ3) is 5.46. The average Bonchev–Trinajstić information content (AvgIpc) is 3.84. The monoisotopic (exact) mass is 706 g/mol. The van der Waals surface area contributed by atoms with Gasteiger partial charge in [0.15, 0.2) is 23.3 Å². The highest BCUT2D eigenvalue weighted by Crippen LogP contribution is 2.40. The van der Waals surface area contributed by atoms with Crippen molar-refractivity contribution in [1.29, 1.82) is 0 Å². The zero-order valence-electron chi connectivity index (χ0n) is 32.2. The van der Waals surface area contributed by atoms with E-state index in [-0.39, 0.29) is 16.2 Å². The molecule has 8 bridgehead atoms. The number of aromatic nitrogens is 8. The highest BCUT2D eigenvalue weighted by atomic mass is 15.1. The maximum atomic E-state index is 5.89. The summed E-state index contributed by atoms with van der Waals surface area (Å²) in [5.41, 5.74) is 10.2. The molecule has 8 heteroatoms. The van der Waals surface area contributed by atoms with E-state index in [1.807, 2.05) is 18.2 Å². The largest absolute Gasteiger partial charge is 0.324 e. The Morgan fingerprint density at radius 3 is 1.22 bits per heavy atom. The molecule has 4 aromatic carbocycles. The number of benzene rings is 4. The Bertz CT molecular complexity index is 2930. The maximum Gasteiger partial charge on any atom is 0.164 e. The van der Waals surface area contributed by atoms with E-state index in [1.165, 1.54) is 16.7 Å². The van der Waals surface area contributed by atoms with Gasteiger partial charge in [-0.25, -0.2) is 29.9 Å². The van der Waals surface area contributed by atoms with Crippen molar-refractivity contribution in [2.45, 2.75) is 78.6 Å². The summed E-state index contributed by atoms with van der Waals surface area (Å²) in [5, 5.41) is 3.77. The minimum Gasteiger partial charge on any atom is -0.324 e. The van der Waals surface area contributed by atoms with Gasteiger partial charge in [-0.1, -0.05) is 105 Å². The molecule has 0 amide bonds. The molecule has 266 valence electrons. The molecular weight excluding hydrogens is 665 g/mol. The van der Waals surface area contributed by atoms with Gasteiger partial charge in [-0.2, -0.15) is 0 Å². The van der Waals surface area contributed by atoms with Gasteiger partial charge in [0, 0.05) is 49.4 Å². The first-order valence-corrected chi connectivity index (χ1v) is 18.4. The van der Waals surface area contributed by atoms with Gasteiger partial charge in [0.2, 0.25) is 0 Å². The Morgan fingerprint density at radius 1 is 0.407 bits per heavy atom. The summed E-state index contributed by atoms with van der Waals surface area (Å²) in [6.07, 6.45) is 5.89. The molecule has 0 unspecified atom stereocenters. The highest BCUT2D eigenvalue weighted by Gasteiger charge is 2.26. The predicted molar refractivity (Wildman–Crippen MR) is 220 cm³/mol. The summed E-state index contributed by atoms with van der Waals surface area (Å²) in [7, 11) is 0. The third-order valence-electron chi connectivity index (χ3n) is 10.6. The molecule has 3 aromatic heterocycles. The number of nitrogens with one attached hydrogen (secondary N) is 2. The summed E-state index contributed by atoms with van der Waals surface area (Å²) in [4.78, 5) is 38.4. The first-order chi connectivity index (χ1) is 25.5. The van der Waals surface area contributed by atoms with Crippen molar-refractivity contribution in [2.24, 2.45) is 0 Å². The van der Waals surface area contributed by atoms with Gasteiger partial charge >= 0.3 is 0 Å². The first kappa shape index (κ1) is 33.6. The topological polar surface area (TPSA) is 109 Å². The van der Waals surface area contributed by atoms with Crippen molar-refractivity contribution in [3.8, 4) is 57.9 Å². The number of terminal acetylenes is 1. The van der Waals surface area contributed by atoms with E-state index in [0.717, 1.165) is 49.4 Å². The van der Waals surface area contributed by atoms with Crippen LogP contribution in [0.3, 0.4) is 0 Å². The summed E-state index contributed by atoms with van der Waals surface area (Å²) < 4.78 is 0. The minimum absolute atomic E-state index is 0.0752. The molecular formula is C46H42N8. The van der Waals surface area contributed by atoms with Crippen LogP contribution in [0, 0.1) is 12.3 Å². The van der Waals surface area contributed by atoms with Crippen LogP contribution in [0.15, 0.2) is 72.8 Å². The average molecular weight is 707 g/mol. The van der Waals surface area contributed by atoms with Crippen LogP contribution in [0.1, 0.15) is 84.6 Å². The lowest BCUT2D eigenvalue weighted by molar-refractivity contribution is 0.590. The van der Waals surface area contributed by atoms with Gasteiger partial charge in [-0.3, -0.25) is 0 Å². The molecule has 2 N–H and O–H groups in total. The van der Waals surface area contributed by atoms with Gasteiger partial charge in [0.05, 0.1) is 0 Å². The van der Waals surface area contributed by atoms with Crippen LogP contribution in [0.2, 0.25) is 0 Å². The number of fused-ring (bicyclic) bond motifs is 20. The SMILES string of the molecule is C#Cc1ccc2c(c1)-c1nc-2nc2[nH]c(nc3nc(nc4[nH]c(n1)c1ccc(C(C)(C)C)cc41)-c1ccc(C(C)(C)C)cc1-3)c1ccc(C(C)(C)C)cc21. The van der Waals surface area contributed by atoms with Crippen molar-refractivity contribution >= 4 is 44.1 Å². The summed E-state index contributed by atoms with van der Waals surface area (Å²) >= 11 is 0. The number of hydrogen-bond acceptors (Lipinski definition) is 6. The van der Waals surface area contributed by atoms with Gasteiger partial charge in [0.1, 0.15) is 22.6 Å². The molecule has 0 aliphatic carbocycles. The molecule has 0 radical (unpaired) electrons. The zero-order valence-corrected chi connectivity index (χ0v) is 32.2. The van der Waals surface area contributed by atoms with E-state index in [1.54, 1.807) is 0 Å². The Kier molecular flexibility index (Phi) is 7.10. The number of nitrogens with zero attached hydrogens (tertiary/aromatic N) is 6. The van der Waals surface area contributed by atoms with Gasteiger partial charge in [-0.05, 0) is 69.3 Å². The Balaban J connectivity index is 1.48. The van der Waals surface area contributed by atoms with Crippen LogP contribution < -0.4 is 0 Å². The summed E-state index contributed by atoms with van der Waals surface area (Å²) in [6.45, 7) is 19.9. The smallest absolute Gasteiger partial charge is 0.164 e. The third-order valence-corrected chi connectivity index (χ3v) is 10.6. The zero-order chi connectivity index (χ0) is 37.9. The number of H-pyrrole nitrogens is 2. The summed E-state index contributed by atoms with van der Waals surface area (Å²) in [6, 6.07) is 25.4.